The molecule has 1 heterocycles. The third-order valence-corrected chi connectivity index (χ3v) is 5.09. The average Bonchev–Trinajstić information content (AvgIpc) is 2.87. The van der Waals surface area contributed by atoms with E-state index in [1.165, 1.54) is 32.0 Å². The van der Waals surface area contributed by atoms with E-state index >= 15 is 0 Å². The molecular weight excluding hydrogens is 400 g/mol. The summed E-state index contributed by atoms with van der Waals surface area (Å²) in [6, 6.07) is 10.1. The first-order chi connectivity index (χ1) is 13.6. The van der Waals surface area contributed by atoms with E-state index in [0.29, 0.717) is 10.6 Å². The second-order valence-corrected chi connectivity index (χ2v) is 7.09. The van der Waals surface area contributed by atoms with Gasteiger partial charge in [0.05, 0.1) is 16.2 Å². The fourth-order valence-corrected chi connectivity index (χ4v) is 3.50. The Morgan fingerprint density at radius 3 is 2.59 bits per heavy atom. The molecule has 1 saturated heterocycles. The lowest BCUT2D eigenvalue weighted by Crippen LogP contribution is -2.42. The maximum atomic E-state index is 12.9. The summed E-state index contributed by atoms with van der Waals surface area (Å²) in [5.41, 5.74) is -0.646. The van der Waals surface area contributed by atoms with Gasteiger partial charge >= 0.3 is 6.03 Å². The fourth-order valence-electron chi connectivity index (χ4n) is 3.18. The molecule has 1 aliphatic rings. The Balaban J connectivity index is 1.79. The maximum absolute atomic E-state index is 12.9. The number of nitro groups is 1. The second-order valence-electron chi connectivity index (χ2n) is 6.68. The number of hydrogen-bond acceptors (Lipinski definition) is 5. The van der Waals surface area contributed by atoms with Crippen molar-refractivity contribution in [2.24, 2.45) is 0 Å². The van der Waals surface area contributed by atoms with E-state index in [-0.39, 0.29) is 16.9 Å². The average molecular weight is 417 g/mol. The highest BCUT2D eigenvalue weighted by atomic mass is 35.5. The van der Waals surface area contributed by atoms with E-state index in [1.54, 1.807) is 24.3 Å². The molecule has 1 atom stereocenters. The number of anilines is 1. The van der Waals surface area contributed by atoms with Gasteiger partial charge in [-0.05, 0) is 26.0 Å². The summed E-state index contributed by atoms with van der Waals surface area (Å²) in [6.07, 6.45) is 0. The number of benzene rings is 2. The van der Waals surface area contributed by atoms with Crippen LogP contribution in [0.25, 0.3) is 0 Å². The lowest BCUT2D eigenvalue weighted by Gasteiger charge is -2.23. The molecule has 1 aliphatic heterocycles. The molecule has 4 amide bonds. The van der Waals surface area contributed by atoms with Crippen LogP contribution in [0.3, 0.4) is 0 Å². The first-order valence-electron chi connectivity index (χ1n) is 8.58. The first-order valence-corrected chi connectivity index (χ1v) is 8.96. The third-order valence-electron chi connectivity index (χ3n) is 4.77. The Kier molecular flexibility index (Phi) is 5.25. The number of nitrogens with one attached hydrogen (secondary N) is 2. The molecule has 29 heavy (non-hydrogen) atoms. The molecule has 2 N–H and O–H groups in total. The number of imide groups is 1. The van der Waals surface area contributed by atoms with Gasteiger partial charge in [0.2, 0.25) is 5.91 Å². The van der Waals surface area contributed by atoms with Crippen LogP contribution in [0.5, 0.6) is 0 Å². The maximum Gasteiger partial charge on any atom is 0.325 e. The molecule has 0 bridgehead atoms. The number of hydrogen-bond donors (Lipinski definition) is 2. The van der Waals surface area contributed by atoms with Crippen molar-refractivity contribution in [3.8, 4) is 0 Å². The number of urea groups is 1. The van der Waals surface area contributed by atoms with Crippen LogP contribution < -0.4 is 10.6 Å². The predicted molar refractivity (Wildman–Crippen MR) is 106 cm³/mol. The van der Waals surface area contributed by atoms with Crippen molar-refractivity contribution >= 4 is 40.8 Å². The topological polar surface area (TPSA) is 122 Å². The quantitative estimate of drug-likeness (QED) is 0.441. The van der Waals surface area contributed by atoms with Crippen molar-refractivity contribution in [1.82, 2.24) is 10.2 Å². The zero-order valence-electron chi connectivity index (χ0n) is 15.6. The van der Waals surface area contributed by atoms with Gasteiger partial charge in [0.25, 0.3) is 11.6 Å². The minimum absolute atomic E-state index is 0.149. The van der Waals surface area contributed by atoms with Gasteiger partial charge < -0.3 is 10.6 Å². The SMILES string of the molecule is Cc1c(NC(=O)CN2C(=O)N[C@@](C)(c3ccccc3Cl)C2=O)cccc1[N+](=O)[O-]. The molecule has 2 aromatic rings. The van der Waals surface area contributed by atoms with Crippen LogP contribution in [-0.4, -0.2) is 34.2 Å². The van der Waals surface area contributed by atoms with E-state index < -0.39 is 34.9 Å². The zero-order valence-corrected chi connectivity index (χ0v) is 16.3. The number of carbonyl (C=O) groups excluding carboxylic acids is 3. The van der Waals surface area contributed by atoms with Crippen molar-refractivity contribution in [2.45, 2.75) is 19.4 Å². The van der Waals surface area contributed by atoms with Crippen molar-refractivity contribution in [1.29, 1.82) is 0 Å². The van der Waals surface area contributed by atoms with E-state index in [4.69, 9.17) is 11.6 Å². The van der Waals surface area contributed by atoms with Gasteiger partial charge in [-0.1, -0.05) is 35.9 Å². The number of nitrogens with zero attached hydrogens (tertiary/aromatic N) is 2. The first kappa shape index (κ1) is 20.3. The van der Waals surface area contributed by atoms with Gasteiger partial charge in [0, 0.05) is 16.7 Å². The summed E-state index contributed by atoms with van der Waals surface area (Å²) in [7, 11) is 0. The van der Waals surface area contributed by atoms with Gasteiger partial charge in [0.1, 0.15) is 12.1 Å². The van der Waals surface area contributed by atoms with E-state index in [1.807, 2.05) is 0 Å². The standard InChI is InChI=1S/C19H17ClN4O5/c1-11-14(8-5-9-15(11)24(28)29)21-16(25)10-23-17(26)19(2,22-18(23)27)12-6-3-4-7-13(12)20/h3-9H,10H2,1-2H3,(H,21,25)(H,22,27)/t19-/m0/s1. The molecule has 3 rings (SSSR count). The molecule has 150 valence electrons. The summed E-state index contributed by atoms with van der Waals surface area (Å²) in [6.45, 7) is 2.46. The van der Waals surface area contributed by atoms with E-state index in [9.17, 15) is 24.5 Å². The second kappa shape index (κ2) is 7.51. The van der Waals surface area contributed by atoms with Crippen molar-refractivity contribution in [3.05, 3.63) is 68.7 Å². The van der Waals surface area contributed by atoms with E-state index in [2.05, 4.69) is 10.6 Å². The van der Waals surface area contributed by atoms with Crippen LogP contribution in [0.4, 0.5) is 16.2 Å². The molecule has 0 spiro atoms. The van der Waals surface area contributed by atoms with Crippen molar-refractivity contribution < 1.29 is 19.3 Å². The lowest BCUT2D eigenvalue weighted by molar-refractivity contribution is -0.385. The van der Waals surface area contributed by atoms with Gasteiger partial charge in [-0.3, -0.25) is 24.6 Å². The lowest BCUT2D eigenvalue weighted by atomic mass is 9.92. The summed E-state index contributed by atoms with van der Waals surface area (Å²) >= 11 is 6.17. The molecule has 0 radical (unpaired) electrons. The fraction of sp³-hybridized carbons (Fsp3) is 0.211. The highest BCUT2D eigenvalue weighted by molar-refractivity contribution is 6.32. The number of amides is 4. The monoisotopic (exact) mass is 416 g/mol. The van der Waals surface area contributed by atoms with E-state index in [0.717, 1.165) is 4.90 Å². The van der Waals surface area contributed by atoms with Gasteiger partial charge in [-0.15, -0.1) is 0 Å². The minimum atomic E-state index is -1.41. The molecule has 0 unspecified atom stereocenters. The third kappa shape index (κ3) is 3.64. The molecule has 0 aliphatic carbocycles. The number of halogens is 1. The smallest absolute Gasteiger partial charge is 0.324 e. The highest BCUT2D eigenvalue weighted by Gasteiger charge is 2.50. The van der Waals surface area contributed by atoms with Crippen molar-refractivity contribution in [2.75, 3.05) is 11.9 Å². The summed E-state index contributed by atoms with van der Waals surface area (Å²) in [5.74, 6) is -1.29. The molecule has 10 heteroatoms. The van der Waals surface area contributed by atoms with Crippen molar-refractivity contribution in [3.63, 3.8) is 0 Å². The van der Waals surface area contributed by atoms with Gasteiger partial charge in [-0.25, -0.2) is 4.79 Å². The highest BCUT2D eigenvalue weighted by Crippen LogP contribution is 2.33. The number of rotatable bonds is 5. The summed E-state index contributed by atoms with van der Waals surface area (Å²) in [5, 5.41) is 16.4. The molecule has 0 saturated carbocycles. The molecule has 0 aromatic heterocycles. The van der Waals surface area contributed by atoms with Crippen LogP contribution in [0.1, 0.15) is 18.1 Å². The minimum Gasteiger partial charge on any atom is -0.324 e. The predicted octanol–water partition coefficient (Wildman–Crippen LogP) is 2.96. The Labute approximate surface area is 170 Å². The Bertz CT molecular complexity index is 1040. The Morgan fingerprint density at radius 1 is 1.24 bits per heavy atom. The summed E-state index contributed by atoms with van der Waals surface area (Å²) in [4.78, 5) is 49.0. The van der Waals surface area contributed by atoms with Crippen LogP contribution in [0.15, 0.2) is 42.5 Å². The molecule has 1 fully saturated rings. The largest absolute Gasteiger partial charge is 0.325 e. The Hall–Kier alpha value is -3.46. The van der Waals surface area contributed by atoms with Crippen LogP contribution in [-0.2, 0) is 15.1 Å². The van der Waals surface area contributed by atoms with Gasteiger partial charge in [0.15, 0.2) is 0 Å². The molecule has 9 nitrogen and oxygen atoms in total. The van der Waals surface area contributed by atoms with Crippen LogP contribution >= 0.6 is 11.6 Å². The number of carbonyl (C=O) groups is 3. The van der Waals surface area contributed by atoms with Gasteiger partial charge in [-0.2, -0.15) is 0 Å². The van der Waals surface area contributed by atoms with Crippen LogP contribution in [0.2, 0.25) is 5.02 Å². The molecular formula is C19H17ClN4O5. The summed E-state index contributed by atoms with van der Waals surface area (Å²) < 4.78 is 0. The van der Waals surface area contributed by atoms with Crippen LogP contribution in [0, 0.1) is 17.0 Å². The zero-order chi connectivity index (χ0) is 21.3. The molecule has 2 aromatic carbocycles. The Morgan fingerprint density at radius 2 is 1.93 bits per heavy atom. The number of nitro benzene ring substituents is 1. The normalized spacial score (nSPS) is 18.5.